The summed E-state index contributed by atoms with van der Waals surface area (Å²) < 4.78 is 12.3. The van der Waals surface area contributed by atoms with E-state index >= 15 is 0 Å². The molecule has 5 aromatic rings. The van der Waals surface area contributed by atoms with Crippen molar-refractivity contribution in [2.24, 2.45) is 0 Å². The Kier molecular flexibility index (Phi) is 5.04. The number of amides is 1. The van der Waals surface area contributed by atoms with E-state index in [0.29, 0.717) is 39.4 Å². The minimum absolute atomic E-state index is 0.213. The van der Waals surface area contributed by atoms with Gasteiger partial charge in [-0.25, -0.2) is 4.68 Å². The topological polar surface area (TPSA) is 99.0 Å². The zero-order valence-electron chi connectivity index (χ0n) is 16.8. The second-order valence-electron chi connectivity index (χ2n) is 6.92. The van der Waals surface area contributed by atoms with E-state index in [1.54, 1.807) is 60.3 Å². The highest BCUT2D eigenvalue weighted by Crippen LogP contribution is 2.28. The average Bonchev–Trinajstić information content (AvgIpc) is 3.55. The summed E-state index contributed by atoms with van der Waals surface area (Å²) >= 11 is 6.02. The van der Waals surface area contributed by atoms with Crippen LogP contribution in [0.25, 0.3) is 28.5 Å². The lowest BCUT2D eigenvalue weighted by Crippen LogP contribution is -2.14. The Hall–Kier alpha value is -4.17. The molecule has 1 amide bonds. The summed E-state index contributed by atoms with van der Waals surface area (Å²) in [6.45, 7) is 1.71. The van der Waals surface area contributed by atoms with E-state index in [4.69, 9.17) is 20.5 Å². The SMILES string of the molecule is Cc1nc(-c2ccccc2NC(=O)c2cc(-c3ccco3)n(-c3ccc(Cl)cc3)n2)no1. The summed E-state index contributed by atoms with van der Waals surface area (Å²) in [5.74, 6) is 1.01. The number of carbonyl (C=O) groups excluding carboxylic acids is 1. The quantitative estimate of drug-likeness (QED) is 0.389. The first-order valence-corrected chi connectivity index (χ1v) is 10.1. The fourth-order valence-corrected chi connectivity index (χ4v) is 3.38. The van der Waals surface area contributed by atoms with Crippen LogP contribution in [0.1, 0.15) is 16.4 Å². The van der Waals surface area contributed by atoms with E-state index < -0.39 is 5.91 Å². The second kappa shape index (κ2) is 8.16. The van der Waals surface area contributed by atoms with E-state index in [-0.39, 0.29) is 5.69 Å². The molecule has 0 spiro atoms. The minimum atomic E-state index is -0.391. The number of furan rings is 1. The lowest BCUT2D eigenvalue weighted by Gasteiger charge is -2.07. The van der Waals surface area contributed by atoms with Crippen molar-refractivity contribution in [1.82, 2.24) is 19.9 Å². The van der Waals surface area contributed by atoms with Gasteiger partial charge in [0.2, 0.25) is 11.7 Å². The Labute approximate surface area is 187 Å². The number of para-hydroxylation sites is 1. The number of hydrogen-bond acceptors (Lipinski definition) is 6. The average molecular weight is 446 g/mol. The minimum Gasteiger partial charge on any atom is -0.463 e. The van der Waals surface area contributed by atoms with Crippen molar-refractivity contribution in [3.05, 3.63) is 89.6 Å². The summed E-state index contributed by atoms with van der Waals surface area (Å²) in [6, 6.07) is 19.6. The predicted molar refractivity (Wildman–Crippen MR) is 119 cm³/mol. The standard InChI is InChI=1S/C23H16ClN5O3/c1-14-25-22(28-32-14)17-5-2-3-6-18(17)26-23(30)19-13-20(21-7-4-12-31-21)29(27-19)16-10-8-15(24)9-11-16/h2-13H,1H3,(H,26,30). The number of anilines is 1. The number of halogens is 1. The van der Waals surface area contributed by atoms with Gasteiger partial charge in [0.05, 0.1) is 17.6 Å². The van der Waals surface area contributed by atoms with E-state index in [0.717, 1.165) is 5.69 Å². The number of aryl methyl sites for hydroxylation is 1. The van der Waals surface area contributed by atoms with Gasteiger partial charge < -0.3 is 14.3 Å². The molecule has 0 atom stereocenters. The molecule has 0 saturated carbocycles. The number of nitrogens with zero attached hydrogens (tertiary/aromatic N) is 4. The number of carbonyl (C=O) groups is 1. The fourth-order valence-electron chi connectivity index (χ4n) is 3.25. The van der Waals surface area contributed by atoms with Gasteiger partial charge in [0, 0.05) is 23.6 Å². The van der Waals surface area contributed by atoms with Crippen molar-refractivity contribution in [3.8, 4) is 28.5 Å². The Morgan fingerprint density at radius 2 is 1.88 bits per heavy atom. The van der Waals surface area contributed by atoms with Crippen molar-refractivity contribution in [3.63, 3.8) is 0 Å². The number of rotatable bonds is 5. The molecule has 0 aliphatic rings. The van der Waals surface area contributed by atoms with Crippen LogP contribution in [0.5, 0.6) is 0 Å². The molecule has 2 aromatic carbocycles. The number of nitrogens with one attached hydrogen (secondary N) is 1. The van der Waals surface area contributed by atoms with Crippen LogP contribution in [-0.4, -0.2) is 25.8 Å². The number of aromatic nitrogens is 4. The molecule has 9 heteroatoms. The normalized spacial score (nSPS) is 10.9. The van der Waals surface area contributed by atoms with Crippen molar-refractivity contribution >= 4 is 23.2 Å². The van der Waals surface area contributed by atoms with E-state index in [1.165, 1.54) is 0 Å². The molecular weight excluding hydrogens is 430 g/mol. The highest BCUT2D eigenvalue weighted by atomic mass is 35.5. The molecule has 0 fully saturated rings. The molecule has 8 nitrogen and oxygen atoms in total. The number of benzene rings is 2. The molecule has 0 radical (unpaired) electrons. The van der Waals surface area contributed by atoms with Crippen molar-refractivity contribution in [1.29, 1.82) is 0 Å². The molecule has 158 valence electrons. The van der Waals surface area contributed by atoms with Crippen molar-refractivity contribution < 1.29 is 13.7 Å². The Morgan fingerprint density at radius 3 is 2.59 bits per heavy atom. The van der Waals surface area contributed by atoms with Gasteiger partial charge in [-0.3, -0.25) is 4.79 Å². The zero-order valence-corrected chi connectivity index (χ0v) is 17.6. The first-order valence-electron chi connectivity index (χ1n) is 9.69. The molecule has 0 unspecified atom stereocenters. The monoisotopic (exact) mass is 445 g/mol. The molecule has 0 aliphatic heterocycles. The summed E-state index contributed by atoms with van der Waals surface area (Å²) in [6.07, 6.45) is 1.57. The number of hydrogen-bond donors (Lipinski definition) is 1. The second-order valence-corrected chi connectivity index (χ2v) is 7.35. The third-order valence-electron chi connectivity index (χ3n) is 4.73. The van der Waals surface area contributed by atoms with Crippen LogP contribution in [0.15, 0.2) is 81.9 Å². The van der Waals surface area contributed by atoms with Crippen LogP contribution >= 0.6 is 11.6 Å². The molecule has 0 bridgehead atoms. The lowest BCUT2D eigenvalue weighted by molar-refractivity contribution is 0.102. The summed E-state index contributed by atoms with van der Waals surface area (Å²) in [4.78, 5) is 17.4. The van der Waals surface area contributed by atoms with Crippen LogP contribution in [0.3, 0.4) is 0 Å². The van der Waals surface area contributed by atoms with Gasteiger partial charge in [0.25, 0.3) is 5.91 Å². The zero-order chi connectivity index (χ0) is 22.1. The van der Waals surface area contributed by atoms with Crippen LogP contribution in [-0.2, 0) is 0 Å². The van der Waals surface area contributed by atoms with Crippen LogP contribution in [0, 0.1) is 6.92 Å². The maximum Gasteiger partial charge on any atom is 0.276 e. The van der Waals surface area contributed by atoms with Gasteiger partial charge in [-0.05, 0) is 48.5 Å². The van der Waals surface area contributed by atoms with Gasteiger partial charge in [-0.1, -0.05) is 28.9 Å². The summed E-state index contributed by atoms with van der Waals surface area (Å²) in [5, 5.41) is 12.0. The Morgan fingerprint density at radius 1 is 1.06 bits per heavy atom. The molecule has 0 saturated heterocycles. The highest BCUT2D eigenvalue weighted by Gasteiger charge is 2.20. The highest BCUT2D eigenvalue weighted by molar-refractivity contribution is 6.30. The van der Waals surface area contributed by atoms with Crippen LogP contribution in [0.2, 0.25) is 5.02 Å². The van der Waals surface area contributed by atoms with Crippen LogP contribution < -0.4 is 5.32 Å². The third-order valence-corrected chi connectivity index (χ3v) is 4.98. The fraction of sp³-hybridized carbons (Fsp3) is 0.0435. The molecule has 3 aromatic heterocycles. The summed E-state index contributed by atoms with van der Waals surface area (Å²) in [7, 11) is 0. The molecule has 32 heavy (non-hydrogen) atoms. The Balaban J connectivity index is 1.51. The van der Waals surface area contributed by atoms with E-state index in [2.05, 4.69) is 20.6 Å². The van der Waals surface area contributed by atoms with Crippen LogP contribution in [0.4, 0.5) is 5.69 Å². The van der Waals surface area contributed by atoms with E-state index in [9.17, 15) is 4.79 Å². The van der Waals surface area contributed by atoms with Gasteiger partial charge in [-0.15, -0.1) is 0 Å². The molecule has 5 rings (SSSR count). The first kappa shape index (κ1) is 19.8. The van der Waals surface area contributed by atoms with E-state index in [1.807, 2.05) is 24.3 Å². The van der Waals surface area contributed by atoms with Crippen molar-refractivity contribution in [2.45, 2.75) is 6.92 Å². The first-order chi connectivity index (χ1) is 15.6. The lowest BCUT2D eigenvalue weighted by atomic mass is 10.1. The van der Waals surface area contributed by atoms with Gasteiger partial charge in [-0.2, -0.15) is 10.1 Å². The molecule has 1 N–H and O–H groups in total. The molecule has 0 aliphatic carbocycles. The summed E-state index contributed by atoms with van der Waals surface area (Å²) in [5.41, 5.74) is 2.76. The van der Waals surface area contributed by atoms with Gasteiger partial charge in [0.15, 0.2) is 11.5 Å². The molecule has 3 heterocycles. The maximum atomic E-state index is 13.1. The largest absolute Gasteiger partial charge is 0.463 e. The van der Waals surface area contributed by atoms with Crippen molar-refractivity contribution in [2.75, 3.05) is 5.32 Å². The smallest absolute Gasteiger partial charge is 0.276 e. The van der Waals surface area contributed by atoms with Gasteiger partial charge in [0.1, 0.15) is 5.69 Å². The predicted octanol–water partition coefficient (Wildman–Crippen LogP) is 5.40. The maximum absolute atomic E-state index is 13.1. The molecular formula is C23H16ClN5O3. The Bertz CT molecular complexity index is 1390. The van der Waals surface area contributed by atoms with Gasteiger partial charge >= 0.3 is 0 Å². The third kappa shape index (κ3) is 3.79.